The van der Waals surface area contributed by atoms with E-state index < -0.39 is 17.6 Å². The molecule has 0 saturated heterocycles. The highest BCUT2D eigenvalue weighted by molar-refractivity contribution is 6.52. The SMILES string of the molecule is CC(C)c1ccccc1CN1C(=O)C(=O)c2cc(C(N)=O)ccc21. The van der Waals surface area contributed by atoms with Gasteiger partial charge in [0.2, 0.25) is 5.91 Å². The standard InChI is InChI=1S/C19H18N2O3/c1-11(2)14-6-4-3-5-13(14)10-21-16-8-7-12(18(20)23)9-15(16)17(22)19(21)24/h3-9,11H,10H2,1-2H3,(H2,20,23). The second-order valence-electron chi connectivity index (χ2n) is 6.17. The van der Waals surface area contributed by atoms with Gasteiger partial charge in [0, 0.05) is 5.56 Å². The van der Waals surface area contributed by atoms with Gasteiger partial charge < -0.3 is 10.6 Å². The molecule has 5 nitrogen and oxygen atoms in total. The highest BCUT2D eigenvalue weighted by Gasteiger charge is 2.36. The van der Waals surface area contributed by atoms with Crippen LogP contribution in [0.1, 0.15) is 51.6 Å². The third-order valence-electron chi connectivity index (χ3n) is 4.26. The van der Waals surface area contributed by atoms with Crippen LogP contribution in [0.4, 0.5) is 5.69 Å². The number of carbonyl (C=O) groups excluding carboxylic acids is 3. The molecule has 122 valence electrons. The Labute approximate surface area is 140 Å². The van der Waals surface area contributed by atoms with Crippen LogP contribution < -0.4 is 10.6 Å². The number of hydrogen-bond acceptors (Lipinski definition) is 3. The fourth-order valence-corrected chi connectivity index (χ4v) is 3.02. The van der Waals surface area contributed by atoms with Gasteiger partial charge in [-0.25, -0.2) is 0 Å². The van der Waals surface area contributed by atoms with E-state index in [-0.39, 0.29) is 11.1 Å². The smallest absolute Gasteiger partial charge is 0.299 e. The van der Waals surface area contributed by atoms with Crippen molar-refractivity contribution in [3.63, 3.8) is 0 Å². The summed E-state index contributed by atoms with van der Waals surface area (Å²) in [4.78, 5) is 37.4. The van der Waals surface area contributed by atoms with E-state index in [1.54, 1.807) is 6.07 Å². The summed E-state index contributed by atoms with van der Waals surface area (Å²) in [6.45, 7) is 4.49. The van der Waals surface area contributed by atoms with E-state index in [1.807, 2.05) is 24.3 Å². The van der Waals surface area contributed by atoms with Gasteiger partial charge in [-0.15, -0.1) is 0 Å². The molecule has 3 rings (SSSR count). The van der Waals surface area contributed by atoms with E-state index >= 15 is 0 Å². The Hall–Kier alpha value is -2.95. The molecule has 2 amide bonds. The number of benzene rings is 2. The van der Waals surface area contributed by atoms with Gasteiger partial charge in [-0.1, -0.05) is 38.1 Å². The van der Waals surface area contributed by atoms with Crippen molar-refractivity contribution in [1.82, 2.24) is 0 Å². The monoisotopic (exact) mass is 322 g/mol. The second-order valence-corrected chi connectivity index (χ2v) is 6.17. The van der Waals surface area contributed by atoms with Crippen LogP contribution in [0.5, 0.6) is 0 Å². The molecule has 0 spiro atoms. The zero-order valence-corrected chi connectivity index (χ0v) is 13.6. The van der Waals surface area contributed by atoms with Crippen molar-refractivity contribution in [1.29, 1.82) is 0 Å². The van der Waals surface area contributed by atoms with Crippen molar-refractivity contribution in [2.45, 2.75) is 26.3 Å². The largest absolute Gasteiger partial charge is 0.366 e. The first-order chi connectivity index (χ1) is 11.4. The third-order valence-corrected chi connectivity index (χ3v) is 4.26. The first-order valence-corrected chi connectivity index (χ1v) is 7.78. The molecule has 2 aromatic carbocycles. The quantitative estimate of drug-likeness (QED) is 0.879. The zero-order valence-electron chi connectivity index (χ0n) is 13.6. The molecule has 0 fully saturated rings. The van der Waals surface area contributed by atoms with E-state index in [0.717, 1.165) is 11.1 Å². The highest BCUT2D eigenvalue weighted by atomic mass is 16.2. The van der Waals surface area contributed by atoms with E-state index in [9.17, 15) is 14.4 Å². The predicted octanol–water partition coefficient (Wildman–Crippen LogP) is 2.64. The number of Topliss-reactive ketones (excluding diaryl/α,β-unsaturated/α-hetero) is 1. The number of rotatable bonds is 4. The van der Waals surface area contributed by atoms with Crippen LogP contribution in [0.2, 0.25) is 0 Å². The van der Waals surface area contributed by atoms with Crippen molar-refractivity contribution in [3.8, 4) is 0 Å². The maximum atomic E-state index is 12.4. The molecule has 1 aliphatic rings. The van der Waals surface area contributed by atoms with Gasteiger partial charge in [0.15, 0.2) is 0 Å². The maximum Gasteiger partial charge on any atom is 0.299 e. The van der Waals surface area contributed by atoms with Crippen LogP contribution in [0.25, 0.3) is 0 Å². The minimum atomic E-state index is -0.623. The van der Waals surface area contributed by atoms with Crippen LogP contribution in [-0.2, 0) is 11.3 Å². The molecule has 24 heavy (non-hydrogen) atoms. The summed E-state index contributed by atoms with van der Waals surface area (Å²) in [7, 11) is 0. The molecule has 1 heterocycles. The number of ketones is 1. The number of fused-ring (bicyclic) bond motifs is 1. The molecule has 0 radical (unpaired) electrons. The summed E-state index contributed by atoms with van der Waals surface area (Å²) in [5.41, 5.74) is 8.37. The van der Waals surface area contributed by atoms with Gasteiger partial charge in [-0.2, -0.15) is 0 Å². The van der Waals surface area contributed by atoms with E-state index in [0.29, 0.717) is 18.2 Å². The molecule has 1 aliphatic heterocycles. The first kappa shape index (κ1) is 15.9. The van der Waals surface area contributed by atoms with E-state index in [4.69, 9.17) is 5.73 Å². The lowest BCUT2D eigenvalue weighted by atomic mass is 9.97. The Bertz CT molecular complexity index is 855. The Morgan fingerprint density at radius 3 is 2.50 bits per heavy atom. The Morgan fingerprint density at radius 1 is 1.12 bits per heavy atom. The van der Waals surface area contributed by atoms with Crippen molar-refractivity contribution >= 4 is 23.3 Å². The Morgan fingerprint density at radius 2 is 1.83 bits per heavy atom. The first-order valence-electron chi connectivity index (χ1n) is 7.78. The zero-order chi connectivity index (χ0) is 17.4. The fraction of sp³-hybridized carbons (Fsp3) is 0.211. The van der Waals surface area contributed by atoms with Gasteiger partial charge in [-0.05, 0) is 35.2 Å². The molecule has 0 saturated carbocycles. The summed E-state index contributed by atoms with van der Waals surface area (Å²) in [6, 6.07) is 12.4. The van der Waals surface area contributed by atoms with Crippen LogP contribution in [0.15, 0.2) is 42.5 Å². The topological polar surface area (TPSA) is 80.5 Å². The molecule has 0 unspecified atom stereocenters. The molecular formula is C19H18N2O3. The van der Waals surface area contributed by atoms with Crippen LogP contribution in [0.3, 0.4) is 0 Å². The van der Waals surface area contributed by atoms with Crippen LogP contribution in [-0.4, -0.2) is 17.6 Å². The molecule has 0 bridgehead atoms. The van der Waals surface area contributed by atoms with Crippen molar-refractivity contribution in [3.05, 3.63) is 64.7 Å². The van der Waals surface area contributed by atoms with Gasteiger partial charge in [0.05, 0.1) is 17.8 Å². The van der Waals surface area contributed by atoms with E-state index in [1.165, 1.54) is 17.0 Å². The number of nitrogens with two attached hydrogens (primary N) is 1. The van der Waals surface area contributed by atoms with Crippen molar-refractivity contribution in [2.24, 2.45) is 5.73 Å². The number of carbonyl (C=O) groups is 3. The average Bonchev–Trinajstić information content (AvgIpc) is 2.80. The van der Waals surface area contributed by atoms with Gasteiger partial charge >= 0.3 is 0 Å². The lowest BCUT2D eigenvalue weighted by molar-refractivity contribution is -0.114. The lowest BCUT2D eigenvalue weighted by Crippen LogP contribution is -2.29. The highest BCUT2D eigenvalue weighted by Crippen LogP contribution is 2.32. The Kier molecular flexibility index (Phi) is 3.93. The minimum Gasteiger partial charge on any atom is -0.366 e. The molecule has 0 aliphatic carbocycles. The summed E-state index contributed by atoms with van der Waals surface area (Å²) >= 11 is 0. The summed E-state index contributed by atoms with van der Waals surface area (Å²) in [5.74, 6) is -1.49. The average molecular weight is 322 g/mol. The normalized spacial score (nSPS) is 13.5. The summed E-state index contributed by atoms with van der Waals surface area (Å²) in [6.07, 6.45) is 0. The molecule has 0 atom stereocenters. The number of nitrogens with zero attached hydrogens (tertiary/aromatic N) is 1. The van der Waals surface area contributed by atoms with Gasteiger partial charge in [0.25, 0.3) is 11.7 Å². The third kappa shape index (κ3) is 2.58. The van der Waals surface area contributed by atoms with Gasteiger partial charge in [-0.3, -0.25) is 14.4 Å². The fourth-order valence-electron chi connectivity index (χ4n) is 3.02. The van der Waals surface area contributed by atoms with Crippen molar-refractivity contribution in [2.75, 3.05) is 4.90 Å². The molecule has 0 aromatic heterocycles. The molecule has 5 heteroatoms. The number of anilines is 1. The second kappa shape index (κ2) is 5.92. The van der Waals surface area contributed by atoms with Crippen LogP contribution >= 0.6 is 0 Å². The molecular weight excluding hydrogens is 304 g/mol. The number of amides is 2. The van der Waals surface area contributed by atoms with Crippen molar-refractivity contribution < 1.29 is 14.4 Å². The van der Waals surface area contributed by atoms with E-state index in [2.05, 4.69) is 13.8 Å². The number of primary amides is 1. The predicted molar refractivity (Wildman–Crippen MR) is 91.0 cm³/mol. The lowest BCUT2D eigenvalue weighted by Gasteiger charge is -2.20. The molecule has 2 aromatic rings. The van der Waals surface area contributed by atoms with Gasteiger partial charge in [0.1, 0.15) is 0 Å². The Balaban J connectivity index is 2.01. The minimum absolute atomic E-state index is 0.222. The maximum absolute atomic E-state index is 12.4. The summed E-state index contributed by atoms with van der Waals surface area (Å²) in [5, 5.41) is 0. The summed E-state index contributed by atoms with van der Waals surface area (Å²) < 4.78 is 0. The number of hydrogen-bond donors (Lipinski definition) is 1. The molecule has 2 N–H and O–H groups in total. The van der Waals surface area contributed by atoms with Crippen LogP contribution in [0, 0.1) is 0 Å².